The van der Waals surface area contributed by atoms with E-state index in [9.17, 15) is 9.59 Å². The maximum absolute atomic E-state index is 12.6. The Morgan fingerprint density at radius 1 is 1.00 bits per heavy atom. The fourth-order valence-electron chi connectivity index (χ4n) is 2.31. The third-order valence-corrected chi connectivity index (χ3v) is 4.17. The predicted molar refractivity (Wildman–Crippen MR) is 86.2 cm³/mol. The summed E-state index contributed by atoms with van der Waals surface area (Å²) in [6, 6.07) is 5.81. The lowest BCUT2D eigenvalue weighted by Gasteiger charge is -2.18. The molecule has 0 saturated heterocycles. The lowest BCUT2D eigenvalue weighted by molar-refractivity contribution is 0.0975. The number of Topliss-reactive ketones (excluding diaryl/α,β-unsaturated/α-hetero) is 2. The monoisotopic (exact) mass is 357 g/mol. The molecule has 1 aromatic heterocycles. The van der Waals surface area contributed by atoms with E-state index in [-0.39, 0.29) is 33.1 Å². The minimum atomic E-state index is -0.352. The first kappa shape index (κ1) is 14.6. The molecule has 0 unspecified atom stereocenters. The number of rotatable bonds is 2. The maximum atomic E-state index is 12.6. The number of allylic oxidation sites excluding steroid dienone is 2. The quantitative estimate of drug-likeness (QED) is 0.893. The Morgan fingerprint density at radius 2 is 1.64 bits per heavy atom. The number of benzene rings is 1. The van der Waals surface area contributed by atoms with Crippen molar-refractivity contribution in [2.45, 2.75) is 13.8 Å². The van der Waals surface area contributed by atoms with Crippen molar-refractivity contribution in [2.24, 2.45) is 0 Å². The van der Waals surface area contributed by atoms with Gasteiger partial charge in [0.15, 0.2) is 0 Å². The van der Waals surface area contributed by atoms with Crippen molar-refractivity contribution in [3.05, 3.63) is 63.3 Å². The van der Waals surface area contributed by atoms with E-state index in [2.05, 4.69) is 31.2 Å². The van der Waals surface area contributed by atoms with Crippen LogP contribution >= 0.6 is 15.9 Å². The number of aromatic nitrogens is 2. The molecular weight excluding hydrogens is 346 g/mol. The molecule has 1 aliphatic rings. The van der Waals surface area contributed by atoms with Gasteiger partial charge in [-0.3, -0.25) is 9.59 Å². The van der Waals surface area contributed by atoms with Crippen LogP contribution in [0, 0.1) is 13.8 Å². The average molecular weight is 358 g/mol. The maximum Gasteiger partial charge on any atom is 0.231 e. The second kappa shape index (κ2) is 5.46. The van der Waals surface area contributed by atoms with Crippen molar-refractivity contribution in [2.75, 3.05) is 5.32 Å². The Labute approximate surface area is 135 Å². The van der Waals surface area contributed by atoms with Gasteiger partial charge in [0.25, 0.3) is 0 Å². The zero-order valence-electron chi connectivity index (χ0n) is 12.0. The molecule has 1 N–H and O–H groups in total. The predicted octanol–water partition coefficient (Wildman–Crippen LogP) is 3.19. The van der Waals surface area contributed by atoms with Gasteiger partial charge in [-0.1, -0.05) is 17.7 Å². The van der Waals surface area contributed by atoms with Crippen LogP contribution in [0.5, 0.6) is 0 Å². The molecule has 0 fully saturated rings. The SMILES string of the molecule is Cc1ccc(NC2=C(Br)C(=O)c3nccnc3C2=O)c(C)c1. The van der Waals surface area contributed by atoms with E-state index < -0.39 is 0 Å². The van der Waals surface area contributed by atoms with Crippen LogP contribution in [0.15, 0.2) is 40.8 Å². The molecular formula is C16H12BrN3O2. The number of hydrogen-bond acceptors (Lipinski definition) is 5. The average Bonchev–Trinajstić information content (AvgIpc) is 2.51. The van der Waals surface area contributed by atoms with Crippen LogP contribution in [0.25, 0.3) is 0 Å². The molecule has 0 atom stereocenters. The Bertz CT molecular complexity index is 843. The second-order valence-electron chi connectivity index (χ2n) is 5.04. The van der Waals surface area contributed by atoms with Gasteiger partial charge < -0.3 is 5.32 Å². The van der Waals surface area contributed by atoms with E-state index in [0.29, 0.717) is 0 Å². The highest BCUT2D eigenvalue weighted by Crippen LogP contribution is 2.29. The Balaban J connectivity index is 2.05. The highest BCUT2D eigenvalue weighted by molar-refractivity contribution is 9.12. The summed E-state index contributed by atoms with van der Waals surface area (Å²) in [4.78, 5) is 32.8. The fourth-order valence-corrected chi connectivity index (χ4v) is 2.77. The lowest BCUT2D eigenvalue weighted by atomic mass is 10.0. The summed E-state index contributed by atoms with van der Waals surface area (Å²) in [5.41, 5.74) is 3.21. The Kier molecular flexibility index (Phi) is 3.62. The van der Waals surface area contributed by atoms with E-state index >= 15 is 0 Å². The molecule has 5 nitrogen and oxygen atoms in total. The number of anilines is 1. The standard InChI is InChI=1S/C16H12BrN3O2/c1-8-3-4-10(9(2)7-8)20-12-11(17)15(21)13-14(16(12)22)19-6-5-18-13/h3-7,20H,1-2H3. The van der Waals surface area contributed by atoms with Crippen LogP contribution in [0.1, 0.15) is 32.1 Å². The number of fused-ring (bicyclic) bond motifs is 1. The van der Waals surface area contributed by atoms with E-state index in [1.165, 1.54) is 12.4 Å². The zero-order valence-corrected chi connectivity index (χ0v) is 13.6. The summed E-state index contributed by atoms with van der Waals surface area (Å²) in [6.07, 6.45) is 2.80. The van der Waals surface area contributed by atoms with E-state index in [0.717, 1.165) is 16.8 Å². The van der Waals surface area contributed by atoms with Crippen molar-refractivity contribution >= 4 is 33.2 Å². The number of ketones is 2. The Hall–Kier alpha value is -2.34. The van der Waals surface area contributed by atoms with Crippen molar-refractivity contribution in [1.29, 1.82) is 0 Å². The highest BCUT2D eigenvalue weighted by Gasteiger charge is 2.33. The van der Waals surface area contributed by atoms with Crippen LogP contribution in [-0.2, 0) is 0 Å². The van der Waals surface area contributed by atoms with Crippen LogP contribution in [0.3, 0.4) is 0 Å². The highest BCUT2D eigenvalue weighted by atomic mass is 79.9. The molecule has 22 heavy (non-hydrogen) atoms. The molecule has 6 heteroatoms. The number of hydrogen-bond donors (Lipinski definition) is 1. The van der Waals surface area contributed by atoms with Gasteiger partial charge in [-0.05, 0) is 41.4 Å². The minimum Gasteiger partial charge on any atom is -0.351 e. The van der Waals surface area contributed by atoms with Gasteiger partial charge in [0.2, 0.25) is 11.6 Å². The van der Waals surface area contributed by atoms with Gasteiger partial charge in [0.1, 0.15) is 17.1 Å². The lowest BCUT2D eigenvalue weighted by Crippen LogP contribution is -2.26. The van der Waals surface area contributed by atoms with Gasteiger partial charge in [0, 0.05) is 18.1 Å². The van der Waals surface area contributed by atoms with Gasteiger partial charge in [0.05, 0.1) is 4.48 Å². The van der Waals surface area contributed by atoms with E-state index in [1.54, 1.807) is 0 Å². The van der Waals surface area contributed by atoms with Gasteiger partial charge in [-0.25, -0.2) is 9.97 Å². The van der Waals surface area contributed by atoms with Crippen molar-refractivity contribution < 1.29 is 9.59 Å². The molecule has 1 aromatic carbocycles. The molecule has 0 spiro atoms. The van der Waals surface area contributed by atoms with Crippen LogP contribution in [0.2, 0.25) is 0 Å². The second-order valence-corrected chi connectivity index (χ2v) is 5.84. The van der Waals surface area contributed by atoms with Crippen molar-refractivity contribution in [3.63, 3.8) is 0 Å². The minimum absolute atomic E-state index is 0.0722. The topological polar surface area (TPSA) is 72.0 Å². The smallest absolute Gasteiger partial charge is 0.231 e. The van der Waals surface area contributed by atoms with Crippen molar-refractivity contribution in [1.82, 2.24) is 9.97 Å². The summed E-state index contributed by atoms with van der Waals surface area (Å²) < 4.78 is 0.172. The summed E-state index contributed by atoms with van der Waals surface area (Å²) in [7, 11) is 0. The molecule has 3 rings (SSSR count). The van der Waals surface area contributed by atoms with E-state index in [1.807, 2.05) is 32.0 Å². The number of nitrogens with one attached hydrogen (secondary N) is 1. The number of carbonyl (C=O) groups is 2. The fraction of sp³-hybridized carbons (Fsp3) is 0.125. The first-order chi connectivity index (χ1) is 10.5. The first-order valence-electron chi connectivity index (χ1n) is 6.63. The van der Waals surface area contributed by atoms with Crippen LogP contribution < -0.4 is 5.32 Å². The van der Waals surface area contributed by atoms with Gasteiger partial charge in [-0.2, -0.15) is 0 Å². The number of nitrogens with zero attached hydrogens (tertiary/aromatic N) is 2. The summed E-state index contributed by atoms with van der Waals surface area (Å²) in [5.74, 6) is -0.704. The Morgan fingerprint density at radius 3 is 2.27 bits per heavy atom. The molecule has 0 radical (unpaired) electrons. The van der Waals surface area contributed by atoms with Crippen LogP contribution in [-0.4, -0.2) is 21.5 Å². The molecule has 2 aromatic rings. The third kappa shape index (κ3) is 2.35. The molecule has 0 amide bonds. The van der Waals surface area contributed by atoms with Gasteiger partial charge >= 0.3 is 0 Å². The largest absolute Gasteiger partial charge is 0.351 e. The number of halogens is 1. The molecule has 0 aliphatic heterocycles. The normalized spacial score (nSPS) is 14.1. The van der Waals surface area contributed by atoms with E-state index in [4.69, 9.17) is 0 Å². The summed E-state index contributed by atoms with van der Waals surface area (Å²) in [6.45, 7) is 3.93. The zero-order chi connectivity index (χ0) is 15.9. The first-order valence-corrected chi connectivity index (χ1v) is 7.43. The van der Waals surface area contributed by atoms with Gasteiger partial charge in [-0.15, -0.1) is 0 Å². The molecule has 1 aliphatic carbocycles. The molecule has 110 valence electrons. The molecule has 0 saturated carbocycles. The van der Waals surface area contributed by atoms with Crippen LogP contribution in [0.4, 0.5) is 5.69 Å². The summed E-state index contributed by atoms with van der Waals surface area (Å²) >= 11 is 3.21. The molecule has 1 heterocycles. The molecule has 0 bridgehead atoms. The number of aryl methyl sites for hydroxylation is 2. The van der Waals surface area contributed by atoms with Crippen molar-refractivity contribution in [3.8, 4) is 0 Å². The third-order valence-electron chi connectivity index (χ3n) is 3.42. The summed E-state index contributed by atoms with van der Waals surface area (Å²) in [5, 5.41) is 3.04. The number of carbonyl (C=O) groups excluding carboxylic acids is 2.